The molecule has 1 aromatic carbocycles. The van der Waals surface area contributed by atoms with E-state index in [4.69, 9.17) is 4.42 Å². The first-order chi connectivity index (χ1) is 9.65. The zero-order valence-electron chi connectivity index (χ0n) is 11.5. The number of hydrogen-bond acceptors (Lipinski definition) is 4. The molecule has 0 aliphatic rings. The standard InChI is InChI=1S/C15H17N3O2/c1-18(2)15-9-8-13(20-15)11-16-17-14(19)10-12-6-4-3-5-7-12/h3-9,11H,10H2,1-2H3,(H,17,19)/b16-11-. The summed E-state index contributed by atoms with van der Waals surface area (Å²) in [6.45, 7) is 0. The minimum Gasteiger partial charge on any atom is -0.440 e. The molecular formula is C15H17N3O2. The van der Waals surface area contributed by atoms with Crippen LogP contribution < -0.4 is 10.3 Å². The van der Waals surface area contributed by atoms with Crippen LogP contribution in [0.15, 0.2) is 52.0 Å². The van der Waals surface area contributed by atoms with E-state index < -0.39 is 0 Å². The van der Waals surface area contributed by atoms with Gasteiger partial charge >= 0.3 is 0 Å². The molecule has 0 aliphatic heterocycles. The molecule has 0 saturated heterocycles. The Balaban J connectivity index is 1.84. The van der Waals surface area contributed by atoms with Crippen molar-refractivity contribution in [3.05, 3.63) is 53.8 Å². The number of benzene rings is 1. The van der Waals surface area contributed by atoms with E-state index in [9.17, 15) is 4.79 Å². The van der Waals surface area contributed by atoms with Crippen LogP contribution in [0.2, 0.25) is 0 Å². The van der Waals surface area contributed by atoms with E-state index in [0.29, 0.717) is 12.2 Å². The van der Waals surface area contributed by atoms with Crippen molar-refractivity contribution >= 4 is 18.0 Å². The largest absolute Gasteiger partial charge is 0.440 e. The number of amides is 1. The molecule has 1 aromatic heterocycles. The Bertz CT molecular complexity index is 588. The minimum atomic E-state index is -0.160. The van der Waals surface area contributed by atoms with Gasteiger partial charge in [0.1, 0.15) is 5.76 Å². The van der Waals surface area contributed by atoms with E-state index in [0.717, 1.165) is 11.4 Å². The number of carbonyl (C=O) groups excluding carboxylic acids is 1. The average molecular weight is 271 g/mol. The lowest BCUT2D eigenvalue weighted by atomic mass is 10.1. The van der Waals surface area contributed by atoms with Crippen LogP contribution in [0.3, 0.4) is 0 Å². The van der Waals surface area contributed by atoms with Crippen molar-refractivity contribution in [2.75, 3.05) is 19.0 Å². The quantitative estimate of drug-likeness (QED) is 0.668. The van der Waals surface area contributed by atoms with Gasteiger partial charge < -0.3 is 9.32 Å². The molecule has 0 saturated carbocycles. The molecule has 0 atom stereocenters. The summed E-state index contributed by atoms with van der Waals surface area (Å²) in [5.41, 5.74) is 3.43. The summed E-state index contributed by atoms with van der Waals surface area (Å²) in [4.78, 5) is 13.5. The maximum atomic E-state index is 11.7. The predicted octanol–water partition coefficient (Wildman–Crippen LogP) is 2.04. The molecule has 0 radical (unpaired) electrons. The topological polar surface area (TPSA) is 57.8 Å². The van der Waals surface area contributed by atoms with Gasteiger partial charge in [-0.15, -0.1) is 0 Å². The predicted molar refractivity (Wildman–Crippen MR) is 78.9 cm³/mol. The van der Waals surface area contributed by atoms with Crippen molar-refractivity contribution in [3.8, 4) is 0 Å². The molecule has 5 nitrogen and oxygen atoms in total. The Morgan fingerprint density at radius 2 is 2.00 bits per heavy atom. The van der Waals surface area contributed by atoms with Gasteiger partial charge in [-0.25, -0.2) is 5.43 Å². The first-order valence-electron chi connectivity index (χ1n) is 6.28. The van der Waals surface area contributed by atoms with Crippen molar-refractivity contribution in [2.24, 2.45) is 5.10 Å². The van der Waals surface area contributed by atoms with Crippen molar-refractivity contribution in [1.82, 2.24) is 5.43 Å². The third-order valence-electron chi connectivity index (χ3n) is 2.64. The highest BCUT2D eigenvalue weighted by Gasteiger charge is 2.02. The first-order valence-corrected chi connectivity index (χ1v) is 6.28. The molecule has 0 spiro atoms. The molecule has 0 fully saturated rings. The number of carbonyl (C=O) groups is 1. The van der Waals surface area contributed by atoms with Crippen molar-refractivity contribution in [3.63, 3.8) is 0 Å². The van der Waals surface area contributed by atoms with Gasteiger partial charge in [-0.05, 0) is 11.6 Å². The molecule has 0 bridgehead atoms. The van der Waals surface area contributed by atoms with Crippen molar-refractivity contribution < 1.29 is 9.21 Å². The lowest BCUT2D eigenvalue weighted by molar-refractivity contribution is -0.120. The Kier molecular flexibility index (Phi) is 4.55. The molecule has 0 unspecified atom stereocenters. The summed E-state index contributed by atoms with van der Waals surface area (Å²) in [7, 11) is 3.78. The summed E-state index contributed by atoms with van der Waals surface area (Å²) in [5.74, 6) is 1.17. The van der Waals surface area contributed by atoms with Crippen molar-refractivity contribution in [2.45, 2.75) is 6.42 Å². The Labute approximate surface area is 117 Å². The van der Waals surface area contributed by atoms with Crippen LogP contribution in [-0.2, 0) is 11.2 Å². The zero-order chi connectivity index (χ0) is 14.4. The van der Waals surface area contributed by atoms with Gasteiger partial charge in [0.25, 0.3) is 0 Å². The van der Waals surface area contributed by atoms with Crippen LogP contribution in [0.1, 0.15) is 11.3 Å². The van der Waals surface area contributed by atoms with E-state index in [-0.39, 0.29) is 5.91 Å². The molecule has 2 aromatic rings. The fraction of sp³-hybridized carbons (Fsp3) is 0.200. The molecule has 1 N–H and O–H groups in total. The van der Waals surface area contributed by atoms with E-state index in [1.807, 2.05) is 55.4 Å². The molecule has 1 amide bonds. The van der Waals surface area contributed by atoms with Gasteiger partial charge in [0.2, 0.25) is 5.91 Å². The highest BCUT2D eigenvalue weighted by molar-refractivity contribution is 5.81. The number of anilines is 1. The second-order valence-corrected chi connectivity index (χ2v) is 4.53. The normalized spacial score (nSPS) is 10.7. The fourth-order valence-corrected chi connectivity index (χ4v) is 1.64. The second kappa shape index (κ2) is 6.56. The van der Waals surface area contributed by atoms with E-state index in [1.165, 1.54) is 6.21 Å². The lowest BCUT2D eigenvalue weighted by Gasteiger charge is -2.05. The number of rotatable bonds is 5. The second-order valence-electron chi connectivity index (χ2n) is 4.53. The number of hydrazone groups is 1. The van der Waals surface area contributed by atoms with Gasteiger partial charge in [0.05, 0.1) is 12.6 Å². The monoisotopic (exact) mass is 271 g/mol. The fourth-order valence-electron chi connectivity index (χ4n) is 1.64. The molecule has 0 aliphatic carbocycles. The molecular weight excluding hydrogens is 254 g/mol. The van der Waals surface area contributed by atoms with Crippen LogP contribution in [-0.4, -0.2) is 26.2 Å². The summed E-state index contributed by atoms with van der Waals surface area (Å²) in [5, 5.41) is 3.87. The van der Waals surface area contributed by atoms with E-state index >= 15 is 0 Å². The summed E-state index contributed by atoms with van der Waals surface area (Å²) in [6, 6.07) is 13.2. The van der Waals surface area contributed by atoms with Crippen LogP contribution in [0, 0.1) is 0 Å². The molecule has 20 heavy (non-hydrogen) atoms. The number of hydrogen-bond donors (Lipinski definition) is 1. The van der Waals surface area contributed by atoms with Gasteiger partial charge in [-0.3, -0.25) is 4.79 Å². The zero-order valence-corrected chi connectivity index (χ0v) is 11.5. The maximum absolute atomic E-state index is 11.7. The third-order valence-corrected chi connectivity index (χ3v) is 2.64. The third kappa shape index (κ3) is 3.98. The lowest BCUT2D eigenvalue weighted by Crippen LogP contribution is -2.19. The highest BCUT2D eigenvalue weighted by atomic mass is 16.4. The number of furan rings is 1. The summed E-state index contributed by atoms with van der Waals surface area (Å²) in [6.07, 6.45) is 1.79. The molecule has 5 heteroatoms. The average Bonchev–Trinajstić information content (AvgIpc) is 2.89. The summed E-state index contributed by atoms with van der Waals surface area (Å²) >= 11 is 0. The molecule has 1 heterocycles. The van der Waals surface area contributed by atoms with Crippen LogP contribution in [0.4, 0.5) is 5.88 Å². The number of nitrogens with one attached hydrogen (secondary N) is 1. The van der Waals surface area contributed by atoms with Crippen LogP contribution in [0.5, 0.6) is 0 Å². The van der Waals surface area contributed by atoms with Gasteiger partial charge in [0, 0.05) is 20.2 Å². The van der Waals surface area contributed by atoms with Crippen molar-refractivity contribution in [1.29, 1.82) is 0 Å². The minimum absolute atomic E-state index is 0.160. The maximum Gasteiger partial charge on any atom is 0.244 e. The van der Waals surface area contributed by atoms with Gasteiger partial charge in [-0.2, -0.15) is 5.10 Å². The number of nitrogens with zero attached hydrogens (tertiary/aromatic N) is 2. The Hall–Kier alpha value is -2.56. The highest BCUT2D eigenvalue weighted by Crippen LogP contribution is 2.13. The molecule has 2 rings (SSSR count). The van der Waals surface area contributed by atoms with E-state index in [2.05, 4.69) is 10.5 Å². The summed E-state index contributed by atoms with van der Waals surface area (Å²) < 4.78 is 5.47. The smallest absolute Gasteiger partial charge is 0.244 e. The van der Waals surface area contributed by atoms with Gasteiger partial charge in [0.15, 0.2) is 5.88 Å². The Morgan fingerprint density at radius 3 is 2.65 bits per heavy atom. The van der Waals surface area contributed by atoms with Crippen LogP contribution in [0.25, 0.3) is 0 Å². The Morgan fingerprint density at radius 1 is 1.25 bits per heavy atom. The van der Waals surface area contributed by atoms with Crippen LogP contribution >= 0.6 is 0 Å². The first kappa shape index (κ1) is 13.9. The van der Waals surface area contributed by atoms with Gasteiger partial charge in [-0.1, -0.05) is 30.3 Å². The SMILES string of the molecule is CN(C)c1ccc(/C=N\NC(=O)Cc2ccccc2)o1. The van der Waals surface area contributed by atoms with E-state index in [1.54, 1.807) is 6.07 Å². The molecule has 104 valence electrons.